The van der Waals surface area contributed by atoms with Gasteiger partial charge in [0.15, 0.2) is 5.11 Å². The Hall–Kier alpha value is -1.09. The van der Waals surface area contributed by atoms with Gasteiger partial charge in [-0.3, -0.25) is 0 Å². The number of anilines is 1. The fourth-order valence-electron chi connectivity index (χ4n) is 2.91. The highest BCUT2D eigenvalue weighted by atomic mass is 32.1. The fourth-order valence-corrected chi connectivity index (χ4v) is 3.17. The molecule has 2 unspecified atom stereocenters. The SMILES string of the molecule is Cc1cccc(NC(=S)N2CC(C)CC(C)C2)c1C. The quantitative estimate of drug-likeness (QED) is 0.781. The molecule has 0 aromatic heterocycles. The molecule has 1 heterocycles. The maximum absolute atomic E-state index is 5.58. The monoisotopic (exact) mass is 276 g/mol. The molecule has 0 aliphatic carbocycles. The summed E-state index contributed by atoms with van der Waals surface area (Å²) in [4.78, 5) is 2.32. The van der Waals surface area contributed by atoms with Crippen LogP contribution in [-0.2, 0) is 0 Å². The first-order chi connectivity index (χ1) is 8.97. The topological polar surface area (TPSA) is 15.3 Å². The zero-order valence-corrected chi connectivity index (χ0v) is 13.2. The summed E-state index contributed by atoms with van der Waals surface area (Å²) < 4.78 is 0. The van der Waals surface area contributed by atoms with Gasteiger partial charge in [-0.1, -0.05) is 26.0 Å². The molecule has 2 atom stereocenters. The van der Waals surface area contributed by atoms with E-state index < -0.39 is 0 Å². The molecular formula is C16H24N2S. The zero-order valence-electron chi connectivity index (χ0n) is 12.4. The van der Waals surface area contributed by atoms with E-state index >= 15 is 0 Å². The summed E-state index contributed by atoms with van der Waals surface area (Å²) in [6.45, 7) is 11.0. The zero-order chi connectivity index (χ0) is 14.0. The molecule has 1 aliphatic heterocycles. The molecule has 1 saturated heterocycles. The highest BCUT2D eigenvalue weighted by molar-refractivity contribution is 7.80. The molecule has 1 aromatic rings. The van der Waals surface area contributed by atoms with Gasteiger partial charge in [0.05, 0.1) is 0 Å². The molecule has 1 N–H and O–H groups in total. The maximum Gasteiger partial charge on any atom is 0.173 e. The van der Waals surface area contributed by atoms with Gasteiger partial charge in [-0.2, -0.15) is 0 Å². The Labute approximate surface area is 122 Å². The van der Waals surface area contributed by atoms with Crippen molar-refractivity contribution in [2.45, 2.75) is 34.1 Å². The first-order valence-electron chi connectivity index (χ1n) is 7.09. The van der Waals surface area contributed by atoms with Crippen molar-refractivity contribution < 1.29 is 0 Å². The second-order valence-corrected chi connectivity index (χ2v) is 6.42. The second kappa shape index (κ2) is 5.91. The van der Waals surface area contributed by atoms with Gasteiger partial charge in [0.25, 0.3) is 0 Å². The first kappa shape index (κ1) is 14.3. The number of rotatable bonds is 1. The molecule has 0 bridgehead atoms. The number of nitrogens with zero attached hydrogens (tertiary/aromatic N) is 1. The third-order valence-electron chi connectivity index (χ3n) is 4.00. The van der Waals surface area contributed by atoms with Crippen LogP contribution in [-0.4, -0.2) is 23.1 Å². The van der Waals surface area contributed by atoms with E-state index in [0.29, 0.717) is 0 Å². The first-order valence-corrected chi connectivity index (χ1v) is 7.50. The number of aryl methyl sites for hydroxylation is 1. The molecule has 0 saturated carbocycles. The van der Waals surface area contributed by atoms with E-state index in [0.717, 1.165) is 35.7 Å². The molecule has 3 heteroatoms. The van der Waals surface area contributed by atoms with Crippen LogP contribution in [0.2, 0.25) is 0 Å². The molecule has 19 heavy (non-hydrogen) atoms. The minimum absolute atomic E-state index is 0.724. The Morgan fingerprint density at radius 2 is 1.84 bits per heavy atom. The van der Waals surface area contributed by atoms with Crippen molar-refractivity contribution in [1.29, 1.82) is 0 Å². The second-order valence-electron chi connectivity index (χ2n) is 6.03. The van der Waals surface area contributed by atoms with Gasteiger partial charge in [0, 0.05) is 18.8 Å². The predicted molar refractivity (Wildman–Crippen MR) is 86.7 cm³/mol. The van der Waals surface area contributed by atoms with Crippen molar-refractivity contribution in [3.05, 3.63) is 29.3 Å². The number of nitrogens with one attached hydrogen (secondary N) is 1. The van der Waals surface area contributed by atoms with Crippen LogP contribution in [0.1, 0.15) is 31.4 Å². The summed E-state index contributed by atoms with van der Waals surface area (Å²) in [7, 11) is 0. The van der Waals surface area contributed by atoms with Crippen molar-refractivity contribution in [1.82, 2.24) is 4.90 Å². The van der Waals surface area contributed by atoms with Crippen molar-refractivity contribution in [3.8, 4) is 0 Å². The molecule has 0 radical (unpaired) electrons. The third kappa shape index (κ3) is 3.47. The Kier molecular flexibility index (Phi) is 4.46. The lowest BCUT2D eigenvalue weighted by atomic mass is 9.92. The number of likely N-dealkylation sites (tertiary alicyclic amines) is 1. The Morgan fingerprint density at radius 3 is 2.47 bits per heavy atom. The molecule has 2 rings (SSSR count). The summed E-state index contributed by atoms with van der Waals surface area (Å²) in [5, 5.41) is 4.29. The van der Waals surface area contributed by atoms with Crippen molar-refractivity contribution >= 4 is 23.0 Å². The third-order valence-corrected chi connectivity index (χ3v) is 4.36. The Bertz CT molecular complexity index is 460. The van der Waals surface area contributed by atoms with Crippen molar-refractivity contribution in [2.24, 2.45) is 11.8 Å². The van der Waals surface area contributed by atoms with Crippen LogP contribution in [0.15, 0.2) is 18.2 Å². The van der Waals surface area contributed by atoms with Gasteiger partial charge >= 0.3 is 0 Å². The van der Waals surface area contributed by atoms with E-state index in [2.05, 4.69) is 56.1 Å². The van der Waals surface area contributed by atoms with Crippen LogP contribution in [0.3, 0.4) is 0 Å². The van der Waals surface area contributed by atoms with Crippen LogP contribution in [0.5, 0.6) is 0 Å². The molecule has 1 aromatic carbocycles. The molecule has 0 amide bonds. The standard InChI is InChI=1S/C16H24N2S/c1-11-8-12(2)10-18(9-11)16(19)17-15-7-5-6-13(3)14(15)4/h5-7,11-12H,8-10H2,1-4H3,(H,17,19). The van der Waals surface area contributed by atoms with Crippen molar-refractivity contribution in [2.75, 3.05) is 18.4 Å². The fraction of sp³-hybridized carbons (Fsp3) is 0.562. The lowest BCUT2D eigenvalue weighted by Crippen LogP contribution is -2.44. The Morgan fingerprint density at radius 1 is 1.21 bits per heavy atom. The van der Waals surface area contributed by atoms with Gasteiger partial charge < -0.3 is 10.2 Å². The van der Waals surface area contributed by atoms with Gasteiger partial charge in [-0.15, -0.1) is 0 Å². The highest BCUT2D eigenvalue weighted by Gasteiger charge is 2.23. The molecule has 1 aliphatic rings. The number of hydrogen-bond acceptors (Lipinski definition) is 1. The highest BCUT2D eigenvalue weighted by Crippen LogP contribution is 2.23. The van der Waals surface area contributed by atoms with E-state index in [1.54, 1.807) is 0 Å². The van der Waals surface area contributed by atoms with Crippen LogP contribution in [0.25, 0.3) is 0 Å². The number of hydrogen-bond donors (Lipinski definition) is 1. The molecule has 1 fully saturated rings. The van der Waals surface area contributed by atoms with E-state index in [1.165, 1.54) is 17.5 Å². The summed E-state index contributed by atoms with van der Waals surface area (Å²) in [6.07, 6.45) is 1.31. The van der Waals surface area contributed by atoms with E-state index in [4.69, 9.17) is 12.2 Å². The van der Waals surface area contributed by atoms with Gasteiger partial charge in [0.2, 0.25) is 0 Å². The van der Waals surface area contributed by atoms with Crippen LogP contribution < -0.4 is 5.32 Å². The summed E-state index contributed by atoms with van der Waals surface area (Å²) in [5.74, 6) is 1.45. The molecule has 104 valence electrons. The van der Waals surface area contributed by atoms with Gasteiger partial charge in [0.1, 0.15) is 0 Å². The number of benzene rings is 1. The molecule has 0 spiro atoms. The minimum Gasteiger partial charge on any atom is -0.348 e. The Balaban J connectivity index is 2.06. The predicted octanol–water partition coefficient (Wildman–Crippen LogP) is 3.98. The lowest BCUT2D eigenvalue weighted by Gasteiger charge is -2.36. The summed E-state index contributed by atoms with van der Waals surface area (Å²) in [5.41, 5.74) is 3.71. The average Bonchev–Trinajstić information content (AvgIpc) is 2.33. The van der Waals surface area contributed by atoms with Gasteiger partial charge in [-0.25, -0.2) is 0 Å². The number of piperidine rings is 1. The normalized spacial score (nSPS) is 23.3. The van der Waals surface area contributed by atoms with E-state index in [9.17, 15) is 0 Å². The largest absolute Gasteiger partial charge is 0.348 e. The molecule has 2 nitrogen and oxygen atoms in total. The smallest absolute Gasteiger partial charge is 0.173 e. The van der Waals surface area contributed by atoms with Crippen molar-refractivity contribution in [3.63, 3.8) is 0 Å². The van der Waals surface area contributed by atoms with Crippen LogP contribution in [0, 0.1) is 25.7 Å². The van der Waals surface area contributed by atoms with E-state index in [-0.39, 0.29) is 0 Å². The molecular weight excluding hydrogens is 252 g/mol. The minimum atomic E-state index is 0.724. The number of thiocarbonyl (C=S) groups is 1. The maximum atomic E-state index is 5.58. The van der Waals surface area contributed by atoms with Crippen LogP contribution >= 0.6 is 12.2 Å². The average molecular weight is 276 g/mol. The summed E-state index contributed by atoms with van der Waals surface area (Å²) >= 11 is 5.58. The van der Waals surface area contributed by atoms with E-state index in [1.807, 2.05) is 0 Å². The van der Waals surface area contributed by atoms with Crippen LogP contribution in [0.4, 0.5) is 5.69 Å². The van der Waals surface area contributed by atoms with Gasteiger partial charge in [-0.05, 0) is 61.5 Å². The summed E-state index contributed by atoms with van der Waals surface area (Å²) in [6, 6.07) is 6.31. The lowest BCUT2D eigenvalue weighted by molar-refractivity contribution is 0.216.